The second-order valence-corrected chi connectivity index (χ2v) is 7.27. The molecule has 0 atom stereocenters. The molecule has 2 heterocycles. The molecule has 5 nitrogen and oxygen atoms in total. The summed E-state index contributed by atoms with van der Waals surface area (Å²) in [5.41, 5.74) is 0.911. The molecule has 1 aromatic rings. The summed E-state index contributed by atoms with van der Waals surface area (Å²) in [5.74, 6) is 0.454. The second-order valence-electron chi connectivity index (χ2n) is 6.83. The van der Waals surface area contributed by atoms with E-state index in [4.69, 9.17) is 11.6 Å². The van der Waals surface area contributed by atoms with Crippen molar-refractivity contribution in [2.75, 3.05) is 18.4 Å². The van der Waals surface area contributed by atoms with Gasteiger partial charge in [-0.25, -0.2) is 0 Å². The van der Waals surface area contributed by atoms with Crippen LogP contribution in [0.3, 0.4) is 0 Å². The van der Waals surface area contributed by atoms with E-state index in [0.717, 1.165) is 5.69 Å². The van der Waals surface area contributed by atoms with Crippen LogP contribution in [0, 0.1) is 5.92 Å². The van der Waals surface area contributed by atoms with Crippen LogP contribution < -0.4 is 10.6 Å². The average molecular weight is 336 g/mol. The first-order valence-corrected chi connectivity index (χ1v) is 8.44. The van der Waals surface area contributed by atoms with E-state index < -0.39 is 5.66 Å². The summed E-state index contributed by atoms with van der Waals surface area (Å²) in [5, 5.41) is 7.06. The number of carbonyl (C=O) groups is 2. The van der Waals surface area contributed by atoms with Crippen LogP contribution in [-0.2, 0) is 4.79 Å². The number of likely N-dealkylation sites (tertiary alicyclic amines) is 1. The summed E-state index contributed by atoms with van der Waals surface area (Å²) >= 11 is 5.96. The van der Waals surface area contributed by atoms with Crippen LogP contribution in [0.15, 0.2) is 18.2 Å². The van der Waals surface area contributed by atoms with Crippen molar-refractivity contribution in [1.29, 1.82) is 0 Å². The molecule has 0 saturated carbocycles. The summed E-state index contributed by atoms with van der Waals surface area (Å²) < 4.78 is 0. The largest absolute Gasteiger partial charge is 0.362 e. The molecule has 0 radical (unpaired) electrons. The number of carbonyl (C=O) groups excluding carboxylic acids is 2. The van der Waals surface area contributed by atoms with Crippen molar-refractivity contribution in [1.82, 2.24) is 10.2 Å². The normalized spacial score (nSPS) is 19.3. The molecule has 2 aliphatic heterocycles. The van der Waals surface area contributed by atoms with Gasteiger partial charge in [0.05, 0.1) is 5.56 Å². The Morgan fingerprint density at radius 3 is 2.65 bits per heavy atom. The molecule has 1 fully saturated rings. The van der Waals surface area contributed by atoms with Gasteiger partial charge in [-0.1, -0.05) is 25.4 Å². The molecular weight excluding hydrogens is 314 g/mol. The Morgan fingerprint density at radius 1 is 1.30 bits per heavy atom. The lowest BCUT2D eigenvalue weighted by Crippen LogP contribution is -2.62. The van der Waals surface area contributed by atoms with Crippen molar-refractivity contribution < 1.29 is 9.59 Å². The predicted molar refractivity (Wildman–Crippen MR) is 90.5 cm³/mol. The van der Waals surface area contributed by atoms with Crippen LogP contribution >= 0.6 is 11.6 Å². The van der Waals surface area contributed by atoms with Crippen LogP contribution in [0.1, 0.15) is 43.5 Å². The number of fused-ring (bicyclic) bond motifs is 1. The van der Waals surface area contributed by atoms with Gasteiger partial charge in [-0.05, 0) is 24.1 Å². The van der Waals surface area contributed by atoms with Crippen molar-refractivity contribution in [2.45, 2.75) is 38.8 Å². The number of amides is 2. The van der Waals surface area contributed by atoms with Crippen molar-refractivity contribution in [3.8, 4) is 0 Å². The van der Waals surface area contributed by atoms with Crippen molar-refractivity contribution in [3.05, 3.63) is 28.8 Å². The molecule has 2 N–H and O–H groups in total. The average Bonchev–Trinajstić information content (AvgIpc) is 2.48. The fourth-order valence-electron chi connectivity index (χ4n) is 3.25. The summed E-state index contributed by atoms with van der Waals surface area (Å²) in [4.78, 5) is 26.5. The van der Waals surface area contributed by atoms with Gasteiger partial charge in [-0.3, -0.25) is 9.59 Å². The predicted octanol–water partition coefficient (Wildman–Crippen LogP) is 2.86. The first kappa shape index (κ1) is 16.1. The van der Waals surface area contributed by atoms with Crippen LogP contribution in [-0.4, -0.2) is 35.5 Å². The maximum absolute atomic E-state index is 12.4. The van der Waals surface area contributed by atoms with Gasteiger partial charge in [0.15, 0.2) is 0 Å². The number of benzene rings is 1. The molecule has 0 bridgehead atoms. The first-order valence-electron chi connectivity index (χ1n) is 8.06. The first-order chi connectivity index (χ1) is 10.9. The van der Waals surface area contributed by atoms with E-state index >= 15 is 0 Å². The molecule has 6 heteroatoms. The molecule has 1 saturated heterocycles. The van der Waals surface area contributed by atoms with Crippen LogP contribution in [0.25, 0.3) is 0 Å². The Hall–Kier alpha value is -1.75. The number of hydrogen-bond donors (Lipinski definition) is 2. The Balaban J connectivity index is 1.70. The number of piperidine rings is 1. The zero-order chi connectivity index (χ0) is 16.6. The third-order valence-corrected chi connectivity index (χ3v) is 4.74. The molecule has 2 aliphatic rings. The maximum atomic E-state index is 12.4. The fraction of sp³-hybridized carbons (Fsp3) is 0.529. The van der Waals surface area contributed by atoms with E-state index in [0.29, 0.717) is 48.9 Å². The van der Waals surface area contributed by atoms with E-state index in [1.807, 2.05) is 24.8 Å². The monoisotopic (exact) mass is 335 g/mol. The van der Waals surface area contributed by atoms with Crippen molar-refractivity contribution in [3.63, 3.8) is 0 Å². The van der Waals surface area contributed by atoms with Gasteiger partial charge in [0.2, 0.25) is 5.91 Å². The summed E-state index contributed by atoms with van der Waals surface area (Å²) in [6, 6.07) is 5.29. The quantitative estimate of drug-likeness (QED) is 0.873. The Labute approximate surface area is 141 Å². The molecule has 0 aromatic heterocycles. The molecule has 3 rings (SSSR count). The van der Waals surface area contributed by atoms with E-state index in [9.17, 15) is 9.59 Å². The van der Waals surface area contributed by atoms with Gasteiger partial charge in [-0.2, -0.15) is 0 Å². The van der Waals surface area contributed by atoms with Crippen LogP contribution in [0.5, 0.6) is 0 Å². The van der Waals surface area contributed by atoms with Gasteiger partial charge < -0.3 is 15.5 Å². The lowest BCUT2D eigenvalue weighted by atomic mass is 9.92. The molecule has 1 spiro atoms. The highest BCUT2D eigenvalue weighted by molar-refractivity contribution is 6.31. The molecular formula is C17H22ClN3O2. The Bertz CT molecular complexity index is 637. The number of nitrogens with zero attached hydrogens (tertiary/aromatic N) is 1. The Kier molecular flexibility index (Phi) is 4.23. The lowest BCUT2D eigenvalue weighted by molar-refractivity contribution is -0.133. The highest BCUT2D eigenvalue weighted by Gasteiger charge is 2.40. The number of hydrogen-bond acceptors (Lipinski definition) is 3. The SMILES string of the molecule is CC(C)CC(=O)N1CCC2(CC1)NC(=O)c1cc(Cl)ccc1N2. The molecule has 0 unspecified atom stereocenters. The number of anilines is 1. The number of rotatable bonds is 2. The van der Waals surface area contributed by atoms with Gasteiger partial charge in [0.25, 0.3) is 5.91 Å². The standard InChI is InChI=1S/C17H22ClN3O2/c1-11(2)9-15(22)21-7-5-17(6-8-21)19-14-4-3-12(18)10-13(14)16(23)20-17/h3-4,10-11,19H,5-9H2,1-2H3,(H,20,23). The molecule has 124 valence electrons. The van der Waals surface area contributed by atoms with E-state index in [2.05, 4.69) is 10.6 Å². The highest BCUT2D eigenvalue weighted by atomic mass is 35.5. The zero-order valence-corrected chi connectivity index (χ0v) is 14.2. The summed E-state index contributed by atoms with van der Waals surface area (Å²) in [6.45, 7) is 5.41. The van der Waals surface area contributed by atoms with Crippen molar-refractivity contribution >= 4 is 29.1 Å². The molecule has 0 aliphatic carbocycles. The summed E-state index contributed by atoms with van der Waals surface area (Å²) in [6.07, 6.45) is 1.98. The van der Waals surface area contributed by atoms with E-state index in [1.165, 1.54) is 0 Å². The minimum absolute atomic E-state index is 0.108. The van der Waals surface area contributed by atoms with Gasteiger partial charge in [0, 0.05) is 43.1 Å². The maximum Gasteiger partial charge on any atom is 0.255 e. The molecule has 23 heavy (non-hydrogen) atoms. The second kappa shape index (κ2) is 6.04. The highest BCUT2D eigenvalue weighted by Crippen LogP contribution is 2.32. The van der Waals surface area contributed by atoms with E-state index in [-0.39, 0.29) is 11.8 Å². The lowest BCUT2D eigenvalue weighted by Gasteiger charge is -2.46. The molecule has 2 amide bonds. The third-order valence-electron chi connectivity index (χ3n) is 4.51. The Morgan fingerprint density at radius 2 is 2.00 bits per heavy atom. The van der Waals surface area contributed by atoms with Gasteiger partial charge in [-0.15, -0.1) is 0 Å². The minimum atomic E-state index is -0.466. The molecule has 1 aromatic carbocycles. The van der Waals surface area contributed by atoms with Gasteiger partial charge in [0.1, 0.15) is 5.66 Å². The number of nitrogens with one attached hydrogen (secondary N) is 2. The van der Waals surface area contributed by atoms with E-state index in [1.54, 1.807) is 12.1 Å². The van der Waals surface area contributed by atoms with Crippen LogP contribution in [0.4, 0.5) is 5.69 Å². The van der Waals surface area contributed by atoms with Crippen molar-refractivity contribution in [2.24, 2.45) is 5.92 Å². The minimum Gasteiger partial charge on any atom is -0.362 e. The third kappa shape index (κ3) is 3.29. The summed E-state index contributed by atoms with van der Waals surface area (Å²) in [7, 11) is 0. The topological polar surface area (TPSA) is 61.4 Å². The van der Waals surface area contributed by atoms with Gasteiger partial charge >= 0.3 is 0 Å². The van der Waals surface area contributed by atoms with Crippen LogP contribution in [0.2, 0.25) is 5.02 Å². The zero-order valence-electron chi connectivity index (χ0n) is 13.5. The number of halogens is 1. The fourth-order valence-corrected chi connectivity index (χ4v) is 3.43. The smallest absolute Gasteiger partial charge is 0.255 e.